The number of thiocarbonyl (C=S) groups is 1. The number of rotatable bonds is 7. The SMILES string of the molecule is Cl.NCCCCCCNC(=S)Nc1ccccc1. The molecule has 0 spiro atoms. The van der Waals surface area contributed by atoms with E-state index in [2.05, 4.69) is 10.6 Å². The first-order valence-electron chi connectivity index (χ1n) is 6.13. The van der Waals surface area contributed by atoms with Crippen molar-refractivity contribution >= 4 is 35.4 Å². The van der Waals surface area contributed by atoms with Gasteiger partial charge in [0.2, 0.25) is 0 Å². The fourth-order valence-corrected chi connectivity index (χ4v) is 1.74. The first-order valence-corrected chi connectivity index (χ1v) is 6.53. The molecule has 4 N–H and O–H groups in total. The van der Waals surface area contributed by atoms with Crippen LogP contribution < -0.4 is 16.4 Å². The molecule has 0 amide bonds. The fraction of sp³-hybridized carbons (Fsp3) is 0.462. The number of nitrogens with one attached hydrogen (secondary N) is 2. The zero-order valence-corrected chi connectivity index (χ0v) is 12.2. The second kappa shape index (κ2) is 11.3. The third-order valence-electron chi connectivity index (χ3n) is 2.45. The van der Waals surface area contributed by atoms with E-state index >= 15 is 0 Å². The van der Waals surface area contributed by atoms with Crippen molar-refractivity contribution in [1.29, 1.82) is 0 Å². The van der Waals surface area contributed by atoms with Gasteiger partial charge in [-0.05, 0) is 43.7 Å². The van der Waals surface area contributed by atoms with E-state index in [1.54, 1.807) is 0 Å². The molecule has 1 aromatic carbocycles. The van der Waals surface area contributed by atoms with Crippen LogP contribution >= 0.6 is 24.6 Å². The van der Waals surface area contributed by atoms with Gasteiger partial charge in [0.25, 0.3) is 0 Å². The van der Waals surface area contributed by atoms with E-state index in [0.29, 0.717) is 5.11 Å². The highest BCUT2D eigenvalue weighted by Gasteiger charge is 1.95. The van der Waals surface area contributed by atoms with Crippen molar-refractivity contribution in [3.8, 4) is 0 Å². The number of hydrogen-bond acceptors (Lipinski definition) is 2. The Morgan fingerprint density at radius 2 is 1.72 bits per heavy atom. The van der Waals surface area contributed by atoms with Gasteiger partial charge in [0.15, 0.2) is 5.11 Å². The Bertz CT molecular complexity index is 319. The quantitative estimate of drug-likeness (QED) is 0.533. The van der Waals surface area contributed by atoms with E-state index in [1.165, 1.54) is 12.8 Å². The summed E-state index contributed by atoms with van der Waals surface area (Å²) < 4.78 is 0. The number of anilines is 1. The third kappa shape index (κ3) is 8.28. The van der Waals surface area contributed by atoms with Crippen LogP contribution in [0, 0.1) is 0 Å². The molecular formula is C13H22ClN3S. The normalized spacial score (nSPS) is 9.39. The van der Waals surface area contributed by atoms with E-state index in [9.17, 15) is 0 Å². The molecule has 5 heteroatoms. The summed E-state index contributed by atoms with van der Waals surface area (Å²) in [5.41, 5.74) is 6.45. The summed E-state index contributed by atoms with van der Waals surface area (Å²) in [5.74, 6) is 0. The molecule has 0 fully saturated rings. The second-order valence-electron chi connectivity index (χ2n) is 3.95. The molecule has 0 radical (unpaired) electrons. The van der Waals surface area contributed by atoms with Crippen LogP contribution in [0.2, 0.25) is 0 Å². The molecule has 0 unspecified atom stereocenters. The van der Waals surface area contributed by atoms with Crippen molar-refractivity contribution in [2.24, 2.45) is 5.73 Å². The molecule has 0 bridgehead atoms. The maximum Gasteiger partial charge on any atom is 0.170 e. The predicted molar refractivity (Wildman–Crippen MR) is 85.4 cm³/mol. The van der Waals surface area contributed by atoms with E-state index in [4.69, 9.17) is 18.0 Å². The summed E-state index contributed by atoms with van der Waals surface area (Å²) in [5, 5.41) is 7.03. The Hall–Kier alpha value is -0.840. The number of hydrogen-bond donors (Lipinski definition) is 3. The summed E-state index contributed by atoms with van der Waals surface area (Å²) >= 11 is 5.19. The van der Waals surface area contributed by atoms with Gasteiger partial charge in [0, 0.05) is 12.2 Å². The average Bonchev–Trinajstić information content (AvgIpc) is 2.35. The molecule has 0 aliphatic carbocycles. The van der Waals surface area contributed by atoms with E-state index in [1.807, 2.05) is 30.3 Å². The number of benzene rings is 1. The summed E-state index contributed by atoms with van der Waals surface area (Å²) in [4.78, 5) is 0. The van der Waals surface area contributed by atoms with Gasteiger partial charge in [-0.1, -0.05) is 31.0 Å². The molecule has 3 nitrogen and oxygen atoms in total. The van der Waals surface area contributed by atoms with Crippen LogP contribution in [0.5, 0.6) is 0 Å². The molecule has 1 aromatic rings. The first kappa shape index (κ1) is 17.2. The molecule has 0 aliphatic heterocycles. The molecule has 1 rings (SSSR count). The molecule has 0 aromatic heterocycles. The highest BCUT2D eigenvalue weighted by atomic mass is 35.5. The third-order valence-corrected chi connectivity index (χ3v) is 2.69. The van der Waals surface area contributed by atoms with Crippen molar-refractivity contribution in [1.82, 2.24) is 5.32 Å². The van der Waals surface area contributed by atoms with E-state index in [-0.39, 0.29) is 12.4 Å². The Labute approximate surface area is 121 Å². The fourth-order valence-electron chi connectivity index (χ4n) is 1.52. The minimum absolute atomic E-state index is 0. The standard InChI is InChI=1S/C13H21N3S.ClH/c14-10-6-1-2-7-11-15-13(17)16-12-8-4-3-5-9-12;/h3-5,8-9H,1-2,6-7,10-11,14H2,(H2,15,16,17);1H. The molecule has 0 saturated carbocycles. The van der Waals surface area contributed by atoms with Gasteiger partial charge in [0.1, 0.15) is 0 Å². The van der Waals surface area contributed by atoms with Crippen molar-refractivity contribution in [3.63, 3.8) is 0 Å². The van der Waals surface area contributed by atoms with Crippen molar-refractivity contribution in [3.05, 3.63) is 30.3 Å². The maximum atomic E-state index is 5.43. The summed E-state index contributed by atoms with van der Waals surface area (Å²) in [6.07, 6.45) is 4.67. The minimum atomic E-state index is 0. The second-order valence-corrected chi connectivity index (χ2v) is 4.36. The number of halogens is 1. The number of unbranched alkanes of at least 4 members (excludes halogenated alkanes) is 3. The summed E-state index contributed by atoms with van der Waals surface area (Å²) in [6.45, 7) is 1.71. The van der Waals surface area contributed by atoms with Crippen LogP contribution in [0.25, 0.3) is 0 Å². The molecule has 0 aliphatic rings. The Morgan fingerprint density at radius 1 is 1.06 bits per heavy atom. The van der Waals surface area contributed by atoms with Crippen LogP contribution in [0.1, 0.15) is 25.7 Å². The van der Waals surface area contributed by atoms with Crippen LogP contribution in [0.3, 0.4) is 0 Å². The van der Waals surface area contributed by atoms with Crippen LogP contribution in [0.15, 0.2) is 30.3 Å². The molecular weight excluding hydrogens is 266 g/mol. The molecule has 0 heterocycles. The monoisotopic (exact) mass is 287 g/mol. The highest BCUT2D eigenvalue weighted by molar-refractivity contribution is 7.80. The smallest absolute Gasteiger partial charge is 0.170 e. The lowest BCUT2D eigenvalue weighted by molar-refractivity contribution is 0.638. The summed E-state index contributed by atoms with van der Waals surface area (Å²) in [6, 6.07) is 9.94. The summed E-state index contributed by atoms with van der Waals surface area (Å²) in [7, 11) is 0. The van der Waals surface area contributed by atoms with E-state index < -0.39 is 0 Å². The topological polar surface area (TPSA) is 50.1 Å². The molecule has 102 valence electrons. The van der Waals surface area contributed by atoms with Crippen molar-refractivity contribution in [2.75, 3.05) is 18.4 Å². The van der Waals surface area contributed by atoms with Crippen molar-refractivity contribution in [2.45, 2.75) is 25.7 Å². The van der Waals surface area contributed by atoms with Gasteiger partial charge in [-0.3, -0.25) is 0 Å². The zero-order valence-electron chi connectivity index (χ0n) is 10.5. The van der Waals surface area contributed by atoms with Crippen LogP contribution in [-0.2, 0) is 0 Å². The van der Waals surface area contributed by atoms with Gasteiger partial charge in [0.05, 0.1) is 0 Å². The highest BCUT2D eigenvalue weighted by Crippen LogP contribution is 2.04. The molecule has 0 atom stereocenters. The first-order chi connectivity index (χ1) is 8.33. The Morgan fingerprint density at radius 3 is 2.39 bits per heavy atom. The van der Waals surface area contributed by atoms with Gasteiger partial charge in [-0.25, -0.2) is 0 Å². The Balaban J connectivity index is 0.00000289. The average molecular weight is 288 g/mol. The maximum absolute atomic E-state index is 5.43. The number of nitrogens with two attached hydrogens (primary N) is 1. The van der Waals surface area contributed by atoms with Crippen LogP contribution in [-0.4, -0.2) is 18.2 Å². The lowest BCUT2D eigenvalue weighted by Gasteiger charge is -2.10. The number of para-hydroxylation sites is 1. The molecule has 18 heavy (non-hydrogen) atoms. The lowest BCUT2D eigenvalue weighted by Crippen LogP contribution is -2.29. The van der Waals surface area contributed by atoms with Gasteiger partial charge < -0.3 is 16.4 Å². The van der Waals surface area contributed by atoms with E-state index in [0.717, 1.165) is 31.6 Å². The zero-order chi connectivity index (χ0) is 12.3. The largest absolute Gasteiger partial charge is 0.362 e. The molecule has 0 saturated heterocycles. The van der Waals surface area contributed by atoms with Gasteiger partial charge in [-0.15, -0.1) is 12.4 Å². The van der Waals surface area contributed by atoms with Gasteiger partial charge in [-0.2, -0.15) is 0 Å². The lowest BCUT2D eigenvalue weighted by atomic mass is 10.2. The van der Waals surface area contributed by atoms with Gasteiger partial charge >= 0.3 is 0 Å². The van der Waals surface area contributed by atoms with Crippen LogP contribution in [0.4, 0.5) is 5.69 Å². The Kier molecular flexibility index (Phi) is 10.7. The van der Waals surface area contributed by atoms with Crippen molar-refractivity contribution < 1.29 is 0 Å². The minimum Gasteiger partial charge on any atom is -0.362 e. The predicted octanol–water partition coefficient (Wildman–Crippen LogP) is 2.91.